The van der Waals surface area contributed by atoms with E-state index in [1.54, 1.807) is 0 Å². The van der Waals surface area contributed by atoms with Gasteiger partial charge < -0.3 is 10.3 Å². The van der Waals surface area contributed by atoms with Crippen LogP contribution in [0, 0.1) is 0 Å². The summed E-state index contributed by atoms with van der Waals surface area (Å²) < 4.78 is 0. The number of halogens is 1. The number of aromatic amines is 1. The Morgan fingerprint density at radius 2 is 2.27 bits per heavy atom. The van der Waals surface area contributed by atoms with Crippen molar-refractivity contribution < 1.29 is 0 Å². The van der Waals surface area contributed by atoms with Gasteiger partial charge in [0.1, 0.15) is 0 Å². The number of para-hydroxylation sites is 1. The van der Waals surface area contributed by atoms with Gasteiger partial charge in [-0.15, -0.1) is 0 Å². The molecule has 2 rings (SSSR count). The Labute approximate surface area is 94.6 Å². The SMILES string of the molecule is CCNCCc1c[nH]c2c(Cl)cccc12. The molecular formula is C12H15ClN2. The number of fused-ring (bicyclic) bond motifs is 1. The summed E-state index contributed by atoms with van der Waals surface area (Å²) in [6.45, 7) is 4.14. The molecule has 0 aliphatic carbocycles. The molecule has 1 aromatic heterocycles. The maximum Gasteiger partial charge on any atom is 0.0647 e. The van der Waals surface area contributed by atoms with Crippen LogP contribution in [-0.4, -0.2) is 18.1 Å². The van der Waals surface area contributed by atoms with Crippen LogP contribution in [0.2, 0.25) is 5.02 Å². The van der Waals surface area contributed by atoms with E-state index in [4.69, 9.17) is 11.6 Å². The minimum absolute atomic E-state index is 0.794. The van der Waals surface area contributed by atoms with Gasteiger partial charge in [-0.2, -0.15) is 0 Å². The van der Waals surface area contributed by atoms with Gasteiger partial charge in [0, 0.05) is 11.6 Å². The van der Waals surface area contributed by atoms with E-state index >= 15 is 0 Å². The monoisotopic (exact) mass is 222 g/mol. The summed E-state index contributed by atoms with van der Waals surface area (Å²) in [5, 5.41) is 5.35. The van der Waals surface area contributed by atoms with Crippen LogP contribution in [0.5, 0.6) is 0 Å². The Morgan fingerprint density at radius 1 is 1.40 bits per heavy atom. The van der Waals surface area contributed by atoms with E-state index in [1.807, 2.05) is 18.3 Å². The van der Waals surface area contributed by atoms with Crippen LogP contribution in [0.15, 0.2) is 24.4 Å². The summed E-state index contributed by atoms with van der Waals surface area (Å²) in [4.78, 5) is 3.22. The number of nitrogens with one attached hydrogen (secondary N) is 2. The minimum atomic E-state index is 0.794. The molecule has 1 heterocycles. The lowest BCUT2D eigenvalue weighted by Gasteiger charge is -2.00. The van der Waals surface area contributed by atoms with Crippen LogP contribution >= 0.6 is 11.6 Å². The van der Waals surface area contributed by atoms with Gasteiger partial charge in [-0.1, -0.05) is 30.7 Å². The lowest BCUT2D eigenvalue weighted by atomic mass is 10.1. The zero-order valence-corrected chi connectivity index (χ0v) is 9.56. The normalized spacial score (nSPS) is 11.1. The Bertz CT molecular complexity index is 448. The van der Waals surface area contributed by atoms with E-state index in [0.29, 0.717) is 0 Å². The number of H-pyrrole nitrogens is 1. The van der Waals surface area contributed by atoms with Crippen molar-refractivity contribution >= 4 is 22.5 Å². The van der Waals surface area contributed by atoms with Crippen molar-refractivity contribution in [2.45, 2.75) is 13.3 Å². The van der Waals surface area contributed by atoms with E-state index in [1.165, 1.54) is 10.9 Å². The largest absolute Gasteiger partial charge is 0.360 e. The van der Waals surface area contributed by atoms with Crippen molar-refractivity contribution in [2.75, 3.05) is 13.1 Å². The summed E-state index contributed by atoms with van der Waals surface area (Å²) in [7, 11) is 0. The highest BCUT2D eigenvalue weighted by atomic mass is 35.5. The minimum Gasteiger partial charge on any atom is -0.360 e. The first-order valence-corrected chi connectivity index (χ1v) is 5.66. The number of likely N-dealkylation sites (N-methyl/N-ethyl adjacent to an activating group) is 1. The predicted octanol–water partition coefficient (Wildman–Crippen LogP) is 2.97. The molecule has 3 heteroatoms. The fourth-order valence-electron chi connectivity index (χ4n) is 1.78. The molecule has 0 aliphatic rings. The van der Waals surface area contributed by atoms with Gasteiger partial charge in [0.2, 0.25) is 0 Å². The first-order chi connectivity index (χ1) is 7.33. The first-order valence-electron chi connectivity index (χ1n) is 5.28. The van der Waals surface area contributed by atoms with Gasteiger partial charge in [-0.3, -0.25) is 0 Å². The highest BCUT2D eigenvalue weighted by molar-refractivity contribution is 6.35. The summed E-state index contributed by atoms with van der Waals surface area (Å²) in [5.74, 6) is 0. The molecule has 1 aromatic carbocycles. The summed E-state index contributed by atoms with van der Waals surface area (Å²) >= 11 is 6.08. The number of rotatable bonds is 4. The molecule has 0 aliphatic heterocycles. The van der Waals surface area contributed by atoms with Gasteiger partial charge in [-0.05, 0) is 31.1 Å². The highest BCUT2D eigenvalue weighted by Gasteiger charge is 2.05. The van der Waals surface area contributed by atoms with Crippen molar-refractivity contribution in [3.8, 4) is 0 Å². The molecule has 0 spiro atoms. The third-order valence-electron chi connectivity index (χ3n) is 2.57. The lowest BCUT2D eigenvalue weighted by Crippen LogP contribution is -2.15. The van der Waals surface area contributed by atoms with Crippen LogP contribution in [0.3, 0.4) is 0 Å². The van der Waals surface area contributed by atoms with E-state index in [-0.39, 0.29) is 0 Å². The van der Waals surface area contributed by atoms with Gasteiger partial charge in [0.25, 0.3) is 0 Å². The molecule has 15 heavy (non-hydrogen) atoms. The summed E-state index contributed by atoms with van der Waals surface area (Å²) in [6, 6.07) is 6.02. The van der Waals surface area contributed by atoms with Crippen molar-refractivity contribution in [1.82, 2.24) is 10.3 Å². The summed E-state index contributed by atoms with van der Waals surface area (Å²) in [6.07, 6.45) is 3.09. The maximum atomic E-state index is 6.08. The molecule has 0 saturated carbocycles. The second kappa shape index (κ2) is 4.69. The Morgan fingerprint density at radius 3 is 3.07 bits per heavy atom. The van der Waals surface area contributed by atoms with Crippen LogP contribution in [-0.2, 0) is 6.42 Å². The number of benzene rings is 1. The highest BCUT2D eigenvalue weighted by Crippen LogP contribution is 2.25. The third-order valence-corrected chi connectivity index (χ3v) is 2.89. The molecule has 80 valence electrons. The fourth-order valence-corrected chi connectivity index (χ4v) is 2.01. The second-order valence-corrected chi connectivity index (χ2v) is 3.99. The van der Waals surface area contributed by atoms with Crippen LogP contribution < -0.4 is 5.32 Å². The molecule has 0 unspecified atom stereocenters. The number of hydrogen-bond donors (Lipinski definition) is 2. The van der Waals surface area contributed by atoms with Crippen LogP contribution in [0.1, 0.15) is 12.5 Å². The Balaban J connectivity index is 2.25. The standard InChI is InChI=1S/C12H15ClN2/c1-2-14-7-6-9-8-15-12-10(9)4-3-5-11(12)13/h3-5,8,14-15H,2,6-7H2,1H3. The number of aromatic nitrogens is 1. The van der Waals surface area contributed by atoms with Gasteiger partial charge in [0.15, 0.2) is 0 Å². The zero-order valence-electron chi connectivity index (χ0n) is 8.81. The zero-order chi connectivity index (χ0) is 10.7. The average Bonchev–Trinajstić information content (AvgIpc) is 2.64. The third kappa shape index (κ3) is 2.16. The van der Waals surface area contributed by atoms with E-state index in [0.717, 1.165) is 30.0 Å². The average molecular weight is 223 g/mol. The second-order valence-electron chi connectivity index (χ2n) is 3.58. The Kier molecular flexibility index (Phi) is 3.29. The van der Waals surface area contributed by atoms with E-state index < -0.39 is 0 Å². The van der Waals surface area contributed by atoms with E-state index in [9.17, 15) is 0 Å². The van der Waals surface area contributed by atoms with Gasteiger partial charge in [0.05, 0.1) is 10.5 Å². The molecule has 0 amide bonds. The molecule has 0 bridgehead atoms. The van der Waals surface area contributed by atoms with Crippen molar-refractivity contribution in [2.24, 2.45) is 0 Å². The van der Waals surface area contributed by atoms with Gasteiger partial charge in [-0.25, -0.2) is 0 Å². The molecule has 0 saturated heterocycles. The first kappa shape index (κ1) is 10.5. The lowest BCUT2D eigenvalue weighted by molar-refractivity contribution is 0.718. The number of hydrogen-bond acceptors (Lipinski definition) is 1. The predicted molar refractivity (Wildman–Crippen MR) is 65.6 cm³/mol. The summed E-state index contributed by atoms with van der Waals surface area (Å²) in [5.41, 5.74) is 2.37. The molecule has 0 radical (unpaired) electrons. The molecule has 2 nitrogen and oxygen atoms in total. The molecule has 2 N–H and O–H groups in total. The molecule has 2 aromatic rings. The fraction of sp³-hybridized carbons (Fsp3) is 0.333. The molecule has 0 fully saturated rings. The van der Waals surface area contributed by atoms with E-state index in [2.05, 4.69) is 23.3 Å². The Hall–Kier alpha value is -0.990. The van der Waals surface area contributed by atoms with Crippen LogP contribution in [0.4, 0.5) is 0 Å². The van der Waals surface area contributed by atoms with Gasteiger partial charge >= 0.3 is 0 Å². The molecular weight excluding hydrogens is 208 g/mol. The van der Waals surface area contributed by atoms with Crippen molar-refractivity contribution in [1.29, 1.82) is 0 Å². The molecule has 0 atom stereocenters. The quantitative estimate of drug-likeness (QED) is 0.765. The van der Waals surface area contributed by atoms with Crippen molar-refractivity contribution in [3.63, 3.8) is 0 Å². The maximum absolute atomic E-state index is 6.08. The topological polar surface area (TPSA) is 27.8 Å². The smallest absolute Gasteiger partial charge is 0.0647 e. The van der Waals surface area contributed by atoms with Crippen molar-refractivity contribution in [3.05, 3.63) is 35.0 Å². The van der Waals surface area contributed by atoms with Crippen LogP contribution in [0.25, 0.3) is 10.9 Å².